The maximum atomic E-state index is 12.4. The number of hydrogen-bond donors (Lipinski definition) is 2. The number of carboxylic acid groups (broad SMARTS) is 1. The number of carbonyl (C=O) groups is 2. The number of rotatable bonds is 9. The summed E-state index contributed by atoms with van der Waals surface area (Å²) in [6.07, 6.45) is 5.33. The Hall–Kier alpha value is -1.90. The van der Waals surface area contributed by atoms with E-state index in [-0.39, 0.29) is 18.4 Å². The second kappa shape index (κ2) is 9.16. The third kappa shape index (κ3) is 6.12. The summed E-state index contributed by atoms with van der Waals surface area (Å²) in [5.74, 6) is -1.16. The second-order valence-corrected chi connectivity index (χ2v) is 8.11. The number of nitrogens with one attached hydrogen (secondary N) is 1. The largest absolute Gasteiger partial charge is 0.479 e. The van der Waals surface area contributed by atoms with Crippen molar-refractivity contribution in [3.8, 4) is 0 Å². The maximum absolute atomic E-state index is 12.4. The van der Waals surface area contributed by atoms with Gasteiger partial charge in [0.1, 0.15) is 0 Å². The van der Waals surface area contributed by atoms with Crippen molar-refractivity contribution in [2.75, 3.05) is 0 Å². The van der Waals surface area contributed by atoms with E-state index in [1.807, 2.05) is 6.92 Å². The Bertz CT molecular complexity index is 731. The number of carbonyl (C=O) groups excluding carboxylic acids is 1. The van der Waals surface area contributed by atoms with Crippen molar-refractivity contribution in [3.05, 3.63) is 51.9 Å². The zero-order valence-electron chi connectivity index (χ0n) is 15.0. The molecule has 0 aliphatic heterocycles. The van der Waals surface area contributed by atoms with Gasteiger partial charge in [-0.3, -0.25) is 9.48 Å². The van der Waals surface area contributed by atoms with Gasteiger partial charge in [-0.05, 0) is 72.0 Å². The first-order valence-electron chi connectivity index (χ1n) is 8.55. The predicted octanol–water partition coefficient (Wildman–Crippen LogP) is 3.11. The number of nitrogens with zero attached hydrogens (tertiary/aromatic N) is 2. The predicted molar refractivity (Wildman–Crippen MR) is 108 cm³/mol. The van der Waals surface area contributed by atoms with Crippen molar-refractivity contribution in [2.24, 2.45) is 5.92 Å². The third-order valence-electron chi connectivity index (χ3n) is 4.30. The summed E-state index contributed by atoms with van der Waals surface area (Å²) in [7, 11) is 0. The minimum Gasteiger partial charge on any atom is -0.479 e. The van der Waals surface area contributed by atoms with Crippen LogP contribution in [0, 0.1) is 9.49 Å². The lowest BCUT2D eigenvalue weighted by molar-refractivity contribution is -0.147. The average molecular weight is 469 g/mol. The summed E-state index contributed by atoms with van der Waals surface area (Å²) < 4.78 is 2.71. The molecule has 0 saturated carbocycles. The molecule has 0 aliphatic rings. The molecule has 2 aromatic rings. The first kappa shape index (κ1) is 20.4. The van der Waals surface area contributed by atoms with E-state index in [1.54, 1.807) is 18.5 Å². The molecule has 26 heavy (non-hydrogen) atoms. The Balaban J connectivity index is 1.86. The number of benzene rings is 1. The van der Waals surface area contributed by atoms with E-state index in [1.165, 1.54) is 20.7 Å². The van der Waals surface area contributed by atoms with E-state index in [4.69, 9.17) is 0 Å². The second-order valence-electron chi connectivity index (χ2n) is 6.86. The van der Waals surface area contributed by atoms with E-state index >= 15 is 0 Å². The highest BCUT2D eigenvalue weighted by molar-refractivity contribution is 14.1. The molecule has 7 heteroatoms. The molecular formula is C19H24IN3O3. The van der Waals surface area contributed by atoms with Crippen LogP contribution in [-0.4, -0.2) is 32.3 Å². The molecule has 0 aliphatic carbocycles. The van der Waals surface area contributed by atoms with Gasteiger partial charge in [-0.2, -0.15) is 5.10 Å². The number of halogens is 1. The Kier molecular flexibility index (Phi) is 7.19. The normalized spacial score (nSPS) is 14.4. The van der Waals surface area contributed by atoms with Crippen LogP contribution in [0.3, 0.4) is 0 Å². The van der Waals surface area contributed by atoms with Gasteiger partial charge in [-0.25, -0.2) is 4.79 Å². The molecule has 0 fully saturated rings. The van der Waals surface area contributed by atoms with Crippen molar-refractivity contribution in [2.45, 2.75) is 45.2 Å². The molecule has 0 bridgehead atoms. The van der Waals surface area contributed by atoms with Gasteiger partial charge in [0.15, 0.2) is 5.54 Å². The number of carboxylic acids is 1. The SMILES string of the molecule is CC(CCc1ccc(I)cc1)CC(=O)NC(C)(Cn1cccn1)C(=O)O. The van der Waals surface area contributed by atoms with Gasteiger partial charge in [0.2, 0.25) is 5.91 Å². The van der Waals surface area contributed by atoms with Gasteiger partial charge in [0, 0.05) is 22.4 Å². The summed E-state index contributed by atoms with van der Waals surface area (Å²) >= 11 is 2.27. The molecule has 0 saturated heterocycles. The zero-order valence-corrected chi connectivity index (χ0v) is 17.1. The summed E-state index contributed by atoms with van der Waals surface area (Å²) in [5, 5.41) is 16.2. The first-order chi connectivity index (χ1) is 12.3. The van der Waals surface area contributed by atoms with Gasteiger partial charge in [-0.15, -0.1) is 0 Å². The molecule has 6 nitrogen and oxygen atoms in total. The number of amides is 1. The molecule has 2 atom stereocenters. The van der Waals surface area contributed by atoms with Crippen LogP contribution in [0.5, 0.6) is 0 Å². The van der Waals surface area contributed by atoms with E-state index in [2.05, 4.69) is 57.3 Å². The van der Waals surface area contributed by atoms with Crippen LogP contribution in [0.2, 0.25) is 0 Å². The van der Waals surface area contributed by atoms with E-state index < -0.39 is 11.5 Å². The minimum absolute atomic E-state index is 0.0815. The fourth-order valence-corrected chi connectivity index (χ4v) is 3.08. The standard InChI is InChI=1S/C19H24IN3O3/c1-14(4-5-15-6-8-16(20)9-7-15)12-17(24)22-19(2,18(25)26)13-23-11-3-10-21-23/h3,6-11,14H,4-5,12-13H2,1-2H3,(H,22,24)(H,25,26). The van der Waals surface area contributed by atoms with Crippen LogP contribution in [0.4, 0.5) is 0 Å². The summed E-state index contributed by atoms with van der Waals surface area (Å²) in [5.41, 5.74) is -0.148. The maximum Gasteiger partial charge on any atom is 0.331 e. The fraction of sp³-hybridized carbons (Fsp3) is 0.421. The van der Waals surface area contributed by atoms with Crippen LogP contribution in [-0.2, 0) is 22.6 Å². The number of aryl methyl sites for hydroxylation is 1. The molecule has 2 unspecified atom stereocenters. The molecule has 2 rings (SSSR count). The van der Waals surface area contributed by atoms with Crippen molar-refractivity contribution in [1.29, 1.82) is 0 Å². The average Bonchev–Trinajstić information content (AvgIpc) is 3.06. The van der Waals surface area contributed by atoms with Crippen LogP contribution >= 0.6 is 22.6 Å². The Morgan fingerprint density at radius 1 is 1.35 bits per heavy atom. The number of hydrogen-bond acceptors (Lipinski definition) is 3. The van der Waals surface area contributed by atoms with Gasteiger partial charge in [0.05, 0.1) is 6.54 Å². The highest BCUT2D eigenvalue weighted by atomic mass is 127. The van der Waals surface area contributed by atoms with Crippen LogP contribution in [0.25, 0.3) is 0 Å². The van der Waals surface area contributed by atoms with Crippen LogP contribution in [0.15, 0.2) is 42.7 Å². The number of aromatic nitrogens is 2. The Morgan fingerprint density at radius 3 is 2.62 bits per heavy atom. The van der Waals surface area contributed by atoms with Crippen molar-refractivity contribution < 1.29 is 14.7 Å². The Morgan fingerprint density at radius 2 is 2.04 bits per heavy atom. The quantitative estimate of drug-likeness (QED) is 0.553. The molecule has 0 radical (unpaired) electrons. The van der Waals surface area contributed by atoms with Crippen LogP contribution < -0.4 is 5.32 Å². The van der Waals surface area contributed by atoms with Crippen LogP contribution in [0.1, 0.15) is 32.3 Å². The molecule has 1 aromatic heterocycles. The summed E-state index contributed by atoms with van der Waals surface area (Å²) in [6, 6.07) is 10.1. The summed E-state index contributed by atoms with van der Waals surface area (Å²) in [6.45, 7) is 3.60. The highest BCUT2D eigenvalue weighted by Gasteiger charge is 2.35. The third-order valence-corrected chi connectivity index (χ3v) is 5.02. The molecule has 140 valence electrons. The van der Waals surface area contributed by atoms with E-state index in [0.29, 0.717) is 6.42 Å². The molecule has 1 heterocycles. The summed E-state index contributed by atoms with van der Waals surface area (Å²) in [4.78, 5) is 24.0. The van der Waals surface area contributed by atoms with E-state index in [9.17, 15) is 14.7 Å². The lowest BCUT2D eigenvalue weighted by Crippen LogP contribution is -2.55. The Labute approximate surface area is 167 Å². The zero-order chi connectivity index (χ0) is 19.2. The molecule has 1 aromatic carbocycles. The van der Waals surface area contributed by atoms with Crippen molar-refractivity contribution in [1.82, 2.24) is 15.1 Å². The molecule has 1 amide bonds. The van der Waals surface area contributed by atoms with E-state index in [0.717, 1.165) is 12.8 Å². The smallest absolute Gasteiger partial charge is 0.331 e. The lowest BCUT2D eigenvalue weighted by Gasteiger charge is -2.27. The topological polar surface area (TPSA) is 84.2 Å². The lowest BCUT2D eigenvalue weighted by atomic mass is 9.96. The molecule has 0 spiro atoms. The van der Waals surface area contributed by atoms with Crippen molar-refractivity contribution in [3.63, 3.8) is 0 Å². The minimum atomic E-state index is -1.39. The van der Waals surface area contributed by atoms with Crippen molar-refractivity contribution >= 4 is 34.5 Å². The fourth-order valence-electron chi connectivity index (χ4n) is 2.72. The molecular weight excluding hydrogens is 445 g/mol. The highest BCUT2D eigenvalue weighted by Crippen LogP contribution is 2.16. The monoisotopic (exact) mass is 469 g/mol. The van der Waals surface area contributed by atoms with Gasteiger partial charge in [0.25, 0.3) is 0 Å². The van der Waals surface area contributed by atoms with Gasteiger partial charge in [-0.1, -0.05) is 19.1 Å². The first-order valence-corrected chi connectivity index (χ1v) is 9.62. The molecule has 2 N–H and O–H groups in total. The number of aliphatic carboxylic acids is 1. The van der Waals surface area contributed by atoms with Gasteiger partial charge >= 0.3 is 5.97 Å². The van der Waals surface area contributed by atoms with Gasteiger partial charge < -0.3 is 10.4 Å².